The summed E-state index contributed by atoms with van der Waals surface area (Å²) in [4.78, 5) is 11.9. The van der Waals surface area contributed by atoms with Crippen LogP contribution in [-0.4, -0.2) is 11.1 Å². The van der Waals surface area contributed by atoms with Crippen molar-refractivity contribution in [3.63, 3.8) is 0 Å². The summed E-state index contributed by atoms with van der Waals surface area (Å²) >= 11 is 0. The van der Waals surface area contributed by atoms with Crippen LogP contribution < -0.4 is 5.32 Å². The molecule has 100 valence electrons. The van der Waals surface area contributed by atoms with E-state index in [2.05, 4.69) is 10.5 Å². The Morgan fingerprint density at radius 3 is 2.68 bits per heavy atom. The summed E-state index contributed by atoms with van der Waals surface area (Å²) in [5, 5.41) is 6.32. The minimum absolute atomic E-state index is 0.120. The lowest BCUT2D eigenvalue weighted by Crippen LogP contribution is -2.16. The van der Waals surface area contributed by atoms with E-state index in [0.29, 0.717) is 11.5 Å². The largest absolute Gasteiger partial charge is 0.361 e. The van der Waals surface area contributed by atoms with Crippen molar-refractivity contribution in [2.24, 2.45) is 0 Å². The Bertz CT molecular complexity index is 600. The smallest absolute Gasteiger partial charge is 0.229 e. The molecule has 0 fully saturated rings. The van der Waals surface area contributed by atoms with Gasteiger partial charge in [-0.15, -0.1) is 0 Å². The van der Waals surface area contributed by atoms with Crippen molar-refractivity contribution >= 4 is 11.6 Å². The number of halogens is 1. The number of aryl methyl sites for hydroxylation is 3. The van der Waals surface area contributed by atoms with E-state index in [1.54, 1.807) is 32.9 Å². The normalized spacial score (nSPS) is 10.5. The van der Waals surface area contributed by atoms with E-state index >= 15 is 0 Å². The lowest BCUT2D eigenvalue weighted by Gasteiger charge is -2.06. The second-order valence-electron chi connectivity index (χ2n) is 4.51. The van der Waals surface area contributed by atoms with E-state index < -0.39 is 5.82 Å². The second-order valence-corrected chi connectivity index (χ2v) is 4.51. The topological polar surface area (TPSA) is 55.1 Å². The van der Waals surface area contributed by atoms with Gasteiger partial charge < -0.3 is 9.84 Å². The van der Waals surface area contributed by atoms with E-state index in [-0.39, 0.29) is 18.0 Å². The summed E-state index contributed by atoms with van der Waals surface area (Å²) in [6.45, 7) is 5.30. The molecule has 0 aliphatic heterocycles. The Balaban J connectivity index is 2.10. The fourth-order valence-corrected chi connectivity index (χ4v) is 1.83. The monoisotopic (exact) mass is 262 g/mol. The number of aromatic nitrogens is 1. The summed E-state index contributed by atoms with van der Waals surface area (Å²) in [6.07, 6.45) is 0.120. The van der Waals surface area contributed by atoms with E-state index in [1.807, 2.05) is 0 Å². The number of nitrogens with one attached hydrogen (secondary N) is 1. The summed E-state index contributed by atoms with van der Waals surface area (Å²) < 4.78 is 18.6. The molecule has 1 heterocycles. The molecule has 0 spiro atoms. The number of hydrogen-bond donors (Lipinski definition) is 1. The van der Waals surface area contributed by atoms with Crippen LogP contribution in [0.2, 0.25) is 0 Å². The van der Waals surface area contributed by atoms with Gasteiger partial charge >= 0.3 is 0 Å². The molecular weight excluding hydrogens is 247 g/mol. The minimum Gasteiger partial charge on any atom is -0.361 e. The highest BCUT2D eigenvalue weighted by atomic mass is 19.1. The van der Waals surface area contributed by atoms with Gasteiger partial charge in [0.15, 0.2) is 0 Å². The number of rotatable bonds is 3. The van der Waals surface area contributed by atoms with Crippen LogP contribution >= 0.6 is 0 Å². The molecule has 5 heteroatoms. The Hall–Kier alpha value is -2.17. The predicted molar refractivity (Wildman–Crippen MR) is 69.4 cm³/mol. The number of nitrogens with zero attached hydrogens (tertiary/aromatic N) is 1. The summed E-state index contributed by atoms with van der Waals surface area (Å²) in [5.41, 5.74) is 2.41. The van der Waals surface area contributed by atoms with Crippen LogP contribution in [0.4, 0.5) is 10.1 Å². The number of carbonyl (C=O) groups is 1. The Kier molecular flexibility index (Phi) is 3.64. The van der Waals surface area contributed by atoms with Crippen molar-refractivity contribution in [3.8, 4) is 0 Å². The first kappa shape index (κ1) is 13.3. The van der Waals surface area contributed by atoms with E-state index in [0.717, 1.165) is 11.1 Å². The van der Waals surface area contributed by atoms with Crippen molar-refractivity contribution in [2.75, 3.05) is 5.32 Å². The molecule has 19 heavy (non-hydrogen) atoms. The molecule has 2 rings (SSSR count). The minimum atomic E-state index is -0.438. The van der Waals surface area contributed by atoms with Gasteiger partial charge in [-0.05, 0) is 38.5 Å². The van der Waals surface area contributed by atoms with Gasteiger partial charge in [-0.3, -0.25) is 4.79 Å². The second kappa shape index (κ2) is 5.22. The average molecular weight is 262 g/mol. The molecule has 2 aromatic rings. The fourth-order valence-electron chi connectivity index (χ4n) is 1.83. The molecule has 0 saturated carbocycles. The molecule has 0 bridgehead atoms. The number of carbonyl (C=O) groups excluding carboxylic acids is 1. The van der Waals surface area contributed by atoms with Crippen LogP contribution in [-0.2, 0) is 11.2 Å². The first-order valence-corrected chi connectivity index (χ1v) is 5.95. The molecule has 0 unspecified atom stereocenters. The van der Waals surface area contributed by atoms with Crippen molar-refractivity contribution in [2.45, 2.75) is 27.2 Å². The molecule has 0 aliphatic carbocycles. The maximum Gasteiger partial charge on any atom is 0.229 e. The number of benzene rings is 1. The molecule has 0 radical (unpaired) electrons. The standard InChI is InChI=1S/C14H15FN2O2/c1-8-4-5-13(12(15)6-8)16-14(18)7-11-9(2)17-19-10(11)3/h4-6H,7H2,1-3H3,(H,16,18). The third-order valence-corrected chi connectivity index (χ3v) is 2.92. The number of hydrogen-bond acceptors (Lipinski definition) is 3. The molecule has 1 aromatic heterocycles. The fraction of sp³-hybridized carbons (Fsp3) is 0.286. The van der Waals surface area contributed by atoms with Gasteiger partial charge in [-0.2, -0.15) is 0 Å². The molecule has 1 aromatic carbocycles. The van der Waals surface area contributed by atoms with Gasteiger partial charge in [0.05, 0.1) is 17.8 Å². The molecule has 1 N–H and O–H groups in total. The average Bonchev–Trinajstić information content (AvgIpc) is 2.65. The zero-order valence-electron chi connectivity index (χ0n) is 11.1. The van der Waals surface area contributed by atoms with Crippen LogP contribution in [0.3, 0.4) is 0 Å². The predicted octanol–water partition coefficient (Wildman–Crippen LogP) is 2.92. The molecule has 4 nitrogen and oxygen atoms in total. The third-order valence-electron chi connectivity index (χ3n) is 2.92. The molecule has 0 atom stereocenters. The van der Waals surface area contributed by atoms with Gasteiger partial charge in [0.2, 0.25) is 5.91 Å². The van der Waals surface area contributed by atoms with Crippen LogP contribution in [0.5, 0.6) is 0 Å². The van der Waals surface area contributed by atoms with Gasteiger partial charge in [0.1, 0.15) is 11.6 Å². The summed E-state index contributed by atoms with van der Waals surface area (Å²) in [7, 11) is 0. The van der Waals surface area contributed by atoms with Crippen LogP contribution in [0, 0.1) is 26.6 Å². The van der Waals surface area contributed by atoms with Crippen molar-refractivity contribution in [3.05, 3.63) is 46.6 Å². The summed E-state index contributed by atoms with van der Waals surface area (Å²) in [5.74, 6) is -0.124. The number of amides is 1. The lowest BCUT2D eigenvalue weighted by atomic mass is 10.1. The maximum atomic E-state index is 13.6. The lowest BCUT2D eigenvalue weighted by molar-refractivity contribution is -0.115. The summed E-state index contributed by atoms with van der Waals surface area (Å²) in [6, 6.07) is 4.68. The van der Waals surface area contributed by atoms with Crippen LogP contribution in [0.1, 0.15) is 22.6 Å². The van der Waals surface area contributed by atoms with Gasteiger partial charge in [-0.25, -0.2) is 4.39 Å². The van der Waals surface area contributed by atoms with Crippen LogP contribution in [0.25, 0.3) is 0 Å². The maximum absolute atomic E-state index is 13.6. The molecular formula is C14H15FN2O2. The van der Waals surface area contributed by atoms with Gasteiger partial charge in [0, 0.05) is 5.56 Å². The Labute approximate surface area is 110 Å². The van der Waals surface area contributed by atoms with E-state index in [1.165, 1.54) is 6.07 Å². The number of anilines is 1. The van der Waals surface area contributed by atoms with Crippen LogP contribution in [0.15, 0.2) is 22.7 Å². The molecule has 0 aliphatic rings. The Morgan fingerprint density at radius 2 is 2.11 bits per heavy atom. The first-order valence-electron chi connectivity index (χ1n) is 5.95. The van der Waals surface area contributed by atoms with Crippen molar-refractivity contribution in [1.29, 1.82) is 0 Å². The van der Waals surface area contributed by atoms with Crippen molar-refractivity contribution in [1.82, 2.24) is 5.16 Å². The first-order chi connectivity index (χ1) is 8.97. The highest BCUT2D eigenvalue weighted by molar-refractivity contribution is 5.92. The highest BCUT2D eigenvalue weighted by Crippen LogP contribution is 2.17. The zero-order chi connectivity index (χ0) is 14.0. The van der Waals surface area contributed by atoms with E-state index in [9.17, 15) is 9.18 Å². The quantitative estimate of drug-likeness (QED) is 0.925. The molecule has 1 amide bonds. The third kappa shape index (κ3) is 2.99. The molecule has 0 saturated heterocycles. The van der Waals surface area contributed by atoms with E-state index in [4.69, 9.17) is 4.52 Å². The SMILES string of the molecule is Cc1ccc(NC(=O)Cc2c(C)noc2C)c(F)c1. The van der Waals surface area contributed by atoms with Gasteiger partial charge in [0.25, 0.3) is 0 Å². The Morgan fingerprint density at radius 1 is 1.37 bits per heavy atom. The van der Waals surface area contributed by atoms with Crippen molar-refractivity contribution < 1.29 is 13.7 Å². The zero-order valence-corrected chi connectivity index (χ0v) is 11.1. The highest BCUT2D eigenvalue weighted by Gasteiger charge is 2.14. The van der Waals surface area contributed by atoms with Gasteiger partial charge in [-0.1, -0.05) is 11.2 Å².